The van der Waals surface area contributed by atoms with Crippen molar-refractivity contribution in [2.75, 3.05) is 0 Å². The molecule has 2 rings (SSSR count). The van der Waals surface area contributed by atoms with Gasteiger partial charge in [0.1, 0.15) is 6.04 Å². The Morgan fingerprint density at radius 2 is 1.92 bits per heavy atom. The van der Waals surface area contributed by atoms with Gasteiger partial charge in [-0.15, -0.1) is 0 Å². The molecule has 2 aromatic rings. The Labute approximate surface area is 152 Å². The number of hydrogen-bond acceptors (Lipinski definition) is 5. The molecule has 0 fully saturated rings. The Hall–Kier alpha value is -2.70. The van der Waals surface area contributed by atoms with Gasteiger partial charge < -0.3 is 14.9 Å². The third-order valence-electron chi connectivity index (χ3n) is 3.85. The summed E-state index contributed by atoms with van der Waals surface area (Å²) >= 11 is 0. The first-order valence-electron chi connectivity index (χ1n) is 8.65. The first-order chi connectivity index (χ1) is 12.3. The first-order valence-corrected chi connectivity index (χ1v) is 8.65. The van der Waals surface area contributed by atoms with Crippen molar-refractivity contribution in [3.8, 4) is 0 Å². The lowest BCUT2D eigenvalue weighted by molar-refractivity contribution is -0.141. The van der Waals surface area contributed by atoms with E-state index in [1.807, 2.05) is 51.1 Å². The Morgan fingerprint density at radius 3 is 2.50 bits per heavy atom. The van der Waals surface area contributed by atoms with Crippen molar-refractivity contribution in [1.82, 2.24) is 15.5 Å². The highest BCUT2D eigenvalue weighted by Crippen LogP contribution is 2.18. The van der Waals surface area contributed by atoms with E-state index in [1.54, 1.807) is 0 Å². The maximum atomic E-state index is 12.1. The fourth-order valence-corrected chi connectivity index (χ4v) is 2.38. The second-order valence-corrected chi connectivity index (χ2v) is 7.26. The summed E-state index contributed by atoms with van der Waals surface area (Å²) in [6.07, 6.45) is 1.44. The Balaban J connectivity index is 1.81. The van der Waals surface area contributed by atoms with E-state index in [2.05, 4.69) is 15.5 Å². The molecule has 0 radical (unpaired) electrons. The SMILES string of the molecule is CC(C)(C)c1noc(CCCC(=O)N[C@H](Cc2ccccc2)C(=O)O)n1. The number of nitrogens with zero attached hydrogens (tertiary/aromatic N) is 2. The van der Waals surface area contributed by atoms with Crippen molar-refractivity contribution < 1.29 is 19.2 Å². The maximum absolute atomic E-state index is 12.1. The van der Waals surface area contributed by atoms with Crippen LogP contribution in [-0.4, -0.2) is 33.2 Å². The van der Waals surface area contributed by atoms with Gasteiger partial charge in [-0.2, -0.15) is 4.98 Å². The van der Waals surface area contributed by atoms with Crippen molar-refractivity contribution >= 4 is 11.9 Å². The van der Waals surface area contributed by atoms with E-state index in [-0.39, 0.29) is 24.2 Å². The Kier molecular flexibility index (Phi) is 6.49. The van der Waals surface area contributed by atoms with Crippen LogP contribution in [0, 0.1) is 0 Å². The van der Waals surface area contributed by atoms with Crippen LogP contribution >= 0.6 is 0 Å². The standard InChI is InChI=1S/C19H25N3O4/c1-19(2,3)18-21-16(26-22-18)11-7-10-15(23)20-14(17(24)25)12-13-8-5-4-6-9-13/h4-6,8-9,14H,7,10-12H2,1-3H3,(H,20,23)(H,24,25)/t14-/m1/s1. The third kappa shape index (κ3) is 5.98. The normalized spacial score (nSPS) is 12.6. The average Bonchev–Trinajstić information content (AvgIpc) is 3.04. The zero-order valence-corrected chi connectivity index (χ0v) is 15.4. The van der Waals surface area contributed by atoms with Crippen LogP contribution in [0.3, 0.4) is 0 Å². The van der Waals surface area contributed by atoms with Crippen LogP contribution in [0.1, 0.15) is 50.9 Å². The molecule has 26 heavy (non-hydrogen) atoms. The van der Waals surface area contributed by atoms with E-state index in [9.17, 15) is 14.7 Å². The van der Waals surface area contributed by atoms with Gasteiger partial charge in [0.05, 0.1) is 0 Å². The minimum atomic E-state index is -1.05. The number of carboxylic acid groups (broad SMARTS) is 1. The van der Waals surface area contributed by atoms with E-state index in [0.29, 0.717) is 24.6 Å². The molecule has 140 valence electrons. The summed E-state index contributed by atoms with van der Waals surface area (Å²) in [5.41, 5.74) is 0.673. The van der Waals surface area contributed by atoms with E-state index in [1.165, 1.54) is 0 Å². The second-order valence-electron chi connectivity index (χ2n) is 7.26. The molecule has 0 saturated heterocycles. The predicted molar refractivity (Wildman–Crippen MR) is 95.6 cm³/mol. The van der Waals surface area contributed by atoms with E-state index < -0.39 is 12.0 Å². The first kappa shape index (κ1) is 19.6. The number of rotatable bonds is 8. The molecular formula is C19H25N3O4. The molecule has 0 aliphatic rings. The summed E-state index contributed by atoms with van der Waals surface area (Å²) in [6, 6.07) is 8.27. The molecule has 1 amide bonds. The van der Waals surface area contributed by atoms with Crippen molar-refractivity contribution in [3.05, 3.63) is 47.6 Å². The molecule has 7 heteroatoms. The Morgan fingerprint density at radius 1 is 1.23 bits per heavy atom. The highest BCUT2D eigenvalue weighted by Gasteiger charge is 2.22. The quantitative estimate of drug-likeness (QED) is 0.750. The minimum Gasteiger partial charge on any atom is -0.480 e. The molecule has 0 bridgehead atoms. The number of amides is 1. The fourth-order valence-electron chi connectivity index (χ4n) is 2.38. The van der Waals surface area contributed by atoms with Crippen LogP contribution in [0.2, 0.25) is 0 Å². The zero-order chi connectivity index (χ0) is 19.2. The van der Waals surface area contributed by atoms with Gasteiger partial charge in [0.25, 0.3) is 0 Å². The monoisotopic (exact) mass is 359 g/mol. The number of aromatic nitrogens is 2. The number of benzene rings is 1. The lowest BCUT2D eigenvalue weighted by atomic mass is 9.96. The summed E-state index contributed by atoms with van der Waals surface area (Å²) in [4.78, 5) is 27.8. The number of nitrogens with one attached hydrogen (secondary N) is 1. The largest absolute Gasteiger partial charge is 0.480 e. The van der Waals surface area contributed by atoms with Gasteiger partial charge in [-0.1, -0.05) is 56.3 Å². The summed E-state index contributed by atoms with van der Waals surface area (Å²) in [5.74, 6) is -0.231. The summed E-state index contributed by atoms with van der Waals surface area (Å²) in [7, 11) is 0. The molecular weight excluding hydrogens is 334 g/mol. The fraction of sp³-hybridized carbons (Fsp3) is 0.474. The van der Waals surface area contributed by atoms with Crippen molar-refractivity contribution in [2.45, 2.75) is 57.9 Å². The molecule has 0 unspecified atom stereocenters. The predicted octanol–water partition coefficient (Wildman–Crippen LogP) is 2.50. The number of carboxylic acids is 1. The van der Waals surface area contributed by atoms with E-state index in [4.69, 9.17) is 4.52 Å². The molecule has 1 heterocycles. The number of aliphatic carboxylic acids is 1. The average molecular weight is 359 g/mol. The van der Waals surface area contributed by atoms with Crippen LogP contribution < -0.4 is 5.32 Å². The molecule has 1 aromatic heterocycles. The van der Waals surface area contributed by atoms with E-state index >= 15 is 0 Å². The highest BCUT2D eigenvalue weighted by atomic mass is 16.5. The lowest BCUT2D eigenvalue weighted by Gasteiger charge is -2.14. The molecule has 0 saturated carbocycles. The Bertz CT molecular complexity index is 735. The lowest BCUT2D eigenvalue weighted by Crippen LogP contribution is -2.42. The van der Waals surface area contributed by atoms with Gasteiger partial charge in [-0.25, -0.2) is 4.79 Å². The molecule has 1 aromatic carbocycles. The second kappa shape index (κ2) is 8.60. The molecule has 0 aliphatic carbocycles. The molecule has 7 nitrogen and oxygen atoms in total. The summed E-state index contributed by atoms with van der Waals surface area (Å²) in [6.45, 7) is 5.98. The summed E-state index contributed by atoms with van der Waals surface area (Å²) in [5, 5.41) is 15.8. The van der Waals surface area contributed by atoms with Gasteiger partial charge in [-0.3, -0.25) is 4.79 Å². The van der Waals surface area contributed by atoms with Crippen LogP contribution in [-0.2, 0) is 27.8 Å². The number of carbonyl (C=O) groups is 2. The van der Waals surface area contributed by atoms with Crippen molar-refractivity contribution in [2.24, 2.45) is 0 Å². The number of hydrogen-bond donors (Lipinski definition) is 2. The number of aryl methyl sites for hydroxylation is 1. The molecule has 0 spiro atoms. The zero-order valence-electron chi connectivity index (χ0n) is 15.4. The topological polar surface area (TPSA) is 105 Å². The smallest absolute Gasteiger partial charge is 0.326 e. The van der Waals surface area contributed by atoms with Crippen molar-refractivity contribution in [1.29, 1.82) is 0 Å². The van der Waals surface area contributed by atoms with Gasteiger partial charge in [-0.05, 0) is 12.0 Å². The number of carbonyl (C=O) groups excluding carboxylic acids is 1. The van der Waals surface area contributed by atoms with Gasteiger partial charge in [0, 0.05) is 24.7 Å². The van der Waals surface area contributed by atoms with Crippen LogP contribution in [0.15, 0.2) is 34.9 Å². The van der Waals surface area contributed by atoms with Crippen molar-refractivity contribution in [3.63, 3.8) is 0 Å². The molecule has 2 N–H and O–H groups in total. The van der Waals surface area contributed by atoms with Gasteiger partial charge in [0.2, 0.25) is 11.8 Å². The highest BCUT2D eigenvalue weighted by molar-refractivity contribution is 5.83. The summed E-state index contributed by atoms with van der Waals surface area (Å²) < 4.78 is 5.18. The van der Waals surface area contributed by atoms with Crippen LogP contribution in [0.25, 0.3) is 0 Å². The maximum Gasteiger partial charge on any atom is 0.326 e. The van der Waals surface area contributed by atoms with E-state index in [0.717, 1.165) is 5.56 Å². The van der Waals surface area contributed by atoms with Crippen LogP contribution in [0.4, 0.5) is 0 Å². The third-order valence-corrected chi connectivity index (χ3v) is 3.85. The minimum absolute atomic E-state index is 0.189. The van der Waals surface area contributed by atoms with Gasteiger partial charge in [0.15, 0.2) is 5.82 Å². The molecule has 0 aliphatic heterocycles. The van der Waals surface area contributed by atoms with Gasteiger partial charge >= 0.3 is 5.97 Å². The van der Waals surface area contributed by atoms with Crippen LogP contribution in [0.5, 0.6) is 0 Å². The molecule has 1 atom stereocenters.